The maximum Gasteiger partial charge on any atom is 0.317 e. The zero-order valence-electron chi connectivity index (χ0n) is 11.3. The SMILES string of the molecule is COCCNC(=O)CCNC(=O)N(C)CCC(=O)O. The van der Waals surface area contributed by atoms with Crippen LogP contribution in [0.3, 0.4) is 0 Å². The van der Waals surface area contributed by atoms with Crippen LogP contribution in [-0.2, 0) is 14.3 Å². The Morgan fingerprint density at radius 2 is 1.84 bits per heavy atom. The summed E-state index contributed by atoms with van der Waals surface area (Å²) < 4.78 is 4.77. The van der Waals surface area contributed by atoms with Crippen molar-refractivity contribution >= 4 is 17.9 Å². The van der Waals surface area contributed by atoms with Gasteiger partial charge >= 0.3 is 12.0 Å². The first-order valence-electron chi connectivity index (χ1n) is 5.93. The lowest BCUT2D eigenvalue weighted by atomic mass is 10.4. The van der Waals surface area contributed by atoms with E-state index in [0.29, 0.717) is 13.2 Å². The summed E-state index contributed by atoms with van der Waals surface area (Å²) >= 11 is 0. The van der Waals surface area contributed by atoms with E-state index >= 15 is 0 Å². The summed E-state index contributed by atoms with van der Waals surface area (Å²) in [5.74, 6) is -1.14. The highest BCUT2D eigenvalue weighted by Gasteiger charge is 2.10. The minimum atomic E-state index is -0.961. The molecule has 0 heterocycles. The van der Waals surface area contributed by atoms with Crippen molar-refractivity contribution in [1.82, 2.24) is 15.5 Å². The zero-order valence-corrected chi connectivity index (χ0v) is 11.3. The van der Waals surface area contributed by atoms with Crippen molar-refractivity contribution in [3.8, 4) is 0 Å². The Kier molecular flexibility index (Phi) is 9.15. The van der Waals surface area contributed by atoms with E-state index in [1.54, 1.807) is 7.11 Å². The summed E-state index contributed by atoms with van der Waals surface area (Å²) in [6.07, 6.45) is 0.0592. The Balaban J connectivity index is 3.66. The second-order valence-corrected chi connectivity index (χ2v) is 3.89. The summed E-state index contributed by atoms with van der Waals surface area (Å²) in [5, 5.41) is 13.6. The fourth-order valence-corrected chi connectivity index (χ4v) is 1.16. The van der Waals surface area contributed by atoms with Gasteiger partial charge in [0.25, 0.3) is 0 Å². The fourth-order valence-electron chi connectivity index (χ4n) is 1.16. The first-order chi connectivity index (χ1) is 8.97. The van der Waals surface area contributed by atoms with Crippen molar-refractivity contribution in [3.05, 3.63) is 0 Å². The van der Waals surface area contributed by atoms with Crippen LogP contribution in [0.4, 0.5) is 4.79 Å². The molecule has 0 spiro atoms. The number of amides is 3. The van der Waals surface area contributed by atoms with Gasteiger partial charge < -0.3 is 25.4 Å². The average molecular weight is 275 g/mol. The number of rotatable bonds is 9. The van der Waals surface area contributed by atoms with Crippen molar-refractivity contribution < 1.29 is 24.2 Å². The standard InChI is InChI=1S/C11H21N3O5/c1-14(7-4-10(16)17)11(18)13-5-3-9(15)12-6-8-19-2/h3-8H2,1-2H3,(H,12,15)(H,13,18)(H,16,17). The molecule has 0 aliphatic carbocycles. The lowest BCUT2D eigenvalue weighted by Crippen LogP contribution is -2.40. The van der Waals surface area contributed by atoms with Crippen molar-refractivity contribution in [3.63, 3.8) is 0 Å². The molecular formula is C11H21N3O5. The number of nitrogens with zero attached hydrogens (tertiary/aromatic N) is 1. The summed E-state index contributed by atoms with van der Waals surface area (Å²) in [5.41, 5.74) is 0. The molecule has 0 aromatic heterocycles. The Morgan fingerprint density at radius 3 is 2.42 bits per heavy atom. The van der Waals surface area contributed by atoms with Crippen LogP contribution in [0.2, 0.25) is 0 Å². The highest BCUT2D eigenvalue weighted by Crippen LogP contribution is 1.89. The smallest absolute Gasteiger partial charge is 0.317 e. The number of hydrogen-bond donors (Lipinski definition) is 3. The molecule has 110 valence electrons. The van der Waals surface area contributed by atoms with Crippen LogP contribution in [-0.4, -0.2) is 68.3 Å². The zero-order chi connectivity index (χ0) is 14.7. The second-order valence-electron chi connectivity index (χ2n) is 3.89. The van der Waals surface area contributed by atoms with Crippen molar-refractivity contribution in [2.24, 2.45) is 0 Å². The third-order valence-corrected chi connectivity index (χ3v) is 2.26. The lowest BCUT2D eigenvalue weighted by Gasteiger charge is -2.16. The first-order valence-corrected chi connectivity index (χ1v) is 5.93. The van der Waals surface area contributed by atoms with E-state index < -0.39 is 12.0 Å². The Bertz CT molecular complexity index is 309. The normalized spacial score (nSPS) is 9.79. The minimum Gasteiger partial charge on any atom is -0.481 e. The van der Waals surface area contributed by atoms with Gasteiger partial charge in [0.15, 0.2) is 0 Å². The fraction of sp³-hybridized carbons (Fsp3) is 0.727. The second kappa shape index (κ2) is 10.1. The third-order valence-electron chi connectivity index (χ3n) is 2.26. The van der Waals surface area contributed by atoms with Gasteiger partial charge in [0.05, 0.1) is 13.0 Å². The molecule has 0 aromatic rings. The van der Waals surface area contributed by atoms with Gasteiger partial charge in [-0.2, -0.15) is 0 Å². The molecule has 0 fully saturated rings. The first kappa shape index (κ1) is 17.2. The Labute approximate surface area is 112 Å². The van der Waals surface area contributed by atoms with Gasteiger partial charge in [0, 0.05) is 40.2 Å². The summed E-state index contributed by atoms with van der Waals surface area (Å²) in [6.45, 7) is 1.20. The molecule has 0 unspecified atom stereocenters. The molecule has 0 bridgehead atoms. The van der Waals surface area contributed by atoms with Crippen molar-refractivity contribution in [1.29, 1.82) is 0 Å². The van der Waals surface area contributed by atoms with Crippen molar-refractivity contribution in [2.75, 3.05) is 40.4 Å². The predicted octanol–water partition coefficient (Wildman–Crippen LogP) is -0.745. The summed E-state index contributed by atoms with van der Waals surface area (Å²) in [7, 11) is 3.04. The molecule has 3 amide bonds. The van der Waals surface area contributed by atoms with E-state index in [1.165, 1.54) is 11.9 Å². The van der Waals surface area contributed by atoms with Crippen molar-refractivity contribution in [2.45, 2.75) is 12.8 Å². The number of carbonyl (C=O) groups is 3. The van der Waals surface area contributed by atoms with E-state index in [9.17, 15) is 14.4 Å². The number of carboxylic acids is 1. The van der Waals surface area contributed by atoms with Crippen LogP contribution in [0, 0.1) is 0 Å². The Morgan fingerprint density at radius 1 is 1.16 bits per heavy atom. The molecule has 0 saturated heterocycles. The number of urea groups is 1. The molecule has 8 nitrogen and oxygen atoms in total. The maximum absolute atomic E-state index is 11.5. The van der Waals surface area contributed by atoms with Gasteiger partial charge in [0.2, 0.25) is 5.91 Å². The van der Waals surface area contributed by atoms with E-state index in [1.807, 2.05) is 0 Å². The van der Waals surface area contributed by atoms with Gasteiger partial charge in [0.1, 0.15) is 0 Å². The van der Waals surface area contributed by atoms with Crippen LogP contribution >= 0.6 is 0 Å². The molecule has 0 saturated carbocycles. The van der Waals surface area contributed by atoms with Crippen LogP contribution in [0.1, 0.15) is 12.8 Å². The van der Waals surface area contributed by atoms with E-state index in [2.05, 4.69) is 10.6 Å². The van der Waals surface area contributed by atoms with Gasteiger partial charge in [-0.05, 0) is 0 Å². The monoisotopic (exact) mass is 275 g/mol. The van der Waals surface area contributed by atoms with Gasteiger partial charge in [-0.3, -0.25) is 9.59 Å². The van der Waals surface area contributed by atoms with Gasteiger partial charge in [-0.15, -0.1) is 0 Å². The number of hydrogen-bond acceptors (Lipinski definition) is 4. The largest absolute Gasteiger partial charge is 0.481 e. The molecule has 0 aromatic carbocycles. The third kappa shape index (κ3) is 9.83. The molecule has 0 radical (unpaired) electrons. The van der Waals surface area contributed by atoms with Crippen LogP contribution in [0.25, 0.3) is 0 Å². The predicted molar refractivity (Wildman–Crippen MR) is 67.8 cm³/mol. The molecule has 0 aliphatic heterocycles. The quantitative estimate of drug-likeness (QED) is 0.480. The van der Waals surface area contributed by atoms with Crippen LogP contribution in [0.15, 0.2) is 0 Å². The van der Waals surface area contributed by atoms with E-state index in [0.717, 1.165) is 0 Å². The molecule has 19 heavy (non-hydrogen) atoms. The molecule has 0 atom stereocenters. The highest BCUT2D eigenvalue weighted by atomic mass is 16.5. The summed E-state index contributed by atoms with van der Waals surface area (Å²) in [6, 6.07) is -0.397. The van der Waals surface area contributed by atoms with Crippen LogP contribution in [0.5, 0.6) is 0 Å². The van der Waals surface area contributed by atoms with Gasteiger partial charge in [-0.25, -0.2) is 4.79 Å². The average Bonchev–Trinajstić information content (AvgIpc) is 2.36. The number of carbonyl (C=O) groups excluding carboxylic acids is 2. The topological polar surface area (TPSA) is 108 Å². The maximum atomic E-state index is 11.5. The molecule has 3 N–H and O–H groups in total. The van der Waals surface area contributed by atoms with Crippen LogP contribution < -0.4 is 10.6 Å². The number of nitrogens with one attached hydrogen (secondary N) is 2. The molecular weight excluding hydrogens is 254 g/mol. The van der Waals surface area contributed by atoms with E-state index in [4.69, 9.17) is 9.84 Å². The summed E-state index contributed by atoms with van der Waals surface area (Å²) in [4.78, 5) is 34.3. The van der Waals surface area contributed by atoms with E-state index in [-0.39, 0.29) is 31.8 Å². The number of aliphatic carboxylic acids is 1. The molecule has 0 aliphatic rings. The number of carboxylic acid groups (broad SMARTS) is 1. The Hall–Kier alpha value is -1.83. The molecule has 0 rings (SSSR count). The number of ether oxygens (including phenoxy) is 1. The van der Waals surface area contributed by atoms with Gasteiger partial charge in [-0.1, -0.05) is 0 Å². The minimum absolute atomic E-state index is 0.110. The number of methoxy groups -OCH3 is 1. The molecule has 8 heteroatoms. The highest BCUT2D eigenvalue weighted by molar-refractivity contribution is 5.78. The lowest BCUT2D eigenvalue weighted by molar-refractivity contribution is -0.137.